The molecular formula is C7H4ClIN2S. The molecule has 0 fully saturated rings. The minimum absolute atomic E-state index is 0.679. The number of halogens is 2. The molecular weight excluding hydrogens is 307 g/mol. The Labute approximate surface area is 91.0 Å². The van der Waals surface area contributed by atoms with Gasteiger partial charge in [-0.1, -0.05) is 11.6 Å². The summed E-state index contributed by atoms with van der Waals surface area (Å²) in [6.07, 6.45) is 3.64. The molecule has 0 radical (unpaired) electrons. The summed E-state index contributed by atoms with van der Waals surface area (Å²) in [7, 11) is 1.59. The standard InChI is InChI=1S/C7H4ClIN2S/c8-6-3-5-1-2-11(12-9)7(5)10-4-6/h1-4H. The van der Waals surface area contributed by atoms with Crippen molar-refractivity contribution in [2.24, 2.45) is 0 Å². The van der Waals surface area contributed by atoms with Crippen LogP contribution in [0.5, 0.6) is 0 Å². The van der Waals surface area contributed by atoms with E-state index in [2.05, 4.69) is 26.2 Å². The van der Waals surface area contributed by atoms with Gasteiger partial charge < -0.3 is 0 Å². The van der Waals surface area contributed by atoms with Gasteiger partial charge in [-0.2, -0.15) is 0 Å². The van der Waals surface area contributed by atoms with Crippen LogP contribution in [0.25, 0.3) is 11.0 Å². The number of fused-ring (bicyclic) bond motifs is 1. The molecule has 0 bridgehead atoms. The summed E-state index contributed by atoms with van der Waals surface area (Å²) in [6, 6.07) is 3.91. The zero-order valence-electron chi connectivity index (χ0n) is 5.87. The predicted molar refractivity (Wildman–Crippen MR) is 61.8 cm³/mol. The number of rotatable bonds is 1. The maximum Gasteiger partial charge on any atom is 0.150 e. The molecule has 5 heteroatoms. The molecule has 0 aliphatic rings. The van der Waals surface area contributed by atoms with Crippen LogP contribution >= 0.6 is 41.9 Å². The molecule has 2 rings (SSSR count). The Morgan fingerprint density at radius 1 is 1.58 bits per heavy atom. The van der Waals surface area contributed by atoms with Crippen molar-refractivity contribution in [1.82, 2.24) is 8.96 Å². The summed E-state index contributed by atoms with van der Waals surface area (Å²) >= 11 is 8.00. The predicted octanol–water partition coefficient (Wildman–Crippen LogP) is 3.54. The third kappa shape index (κ3) is 1.43. The fourth-order valence-corrected chi connectivity index (χ4v) is 2.47. The van der Waals surface area contributed by atoms with Crippen molar-refractivity contribution in [3.05, 3.63) is 29.5 Å². The Morgan fingerprint density at radius 3 is 3.17 bits per heavy atom. The molecule has 0 atom stereocenters. The van der Waals surface area contributed by atoms with Gasteiger partial charge in [0.15, 0.2) is 5.65 Å². The molecule has 62 valence electrons. The van der Waals surface area contributed by atoms with Crippen molar-refractivity contribution in [1.29, 1.82) is 0 Å². The quantitative estimate of drug-likeness (QED) is 0.750. The second-order valence-corrected chi connectivity index (χ2v) is 4.43. The second kappa shape index (κ2) is 3.43. The van der Waals surface area contributed by atoms with E-state index in [0.29, 0.717) is 5.02 Å². The van der Waals surface area contributed by atoms with E-state index in [0.717, 1.165) is 11.0 Å². The first kappa shape index (κ1) is 8.65. The molecule has 0 aliphatic heterocycles. The van der Waals surface area contributed by atoms with Crippen molar-refractivity contribution in [2.75, 3.05) is 0 Å². The molecule has 0 spiro atoms. The van der Waals surface area contributed by atoms with Crippen LogP contribution in [0.2, 0.25) is 5.02 Å². The van der Waals surface area contributed by atoms with Crippen LogP contribution < -0.4 is 0 Å². The lowest BCUT2D eigenvalue weighted by Crippen LogP contribution is -1.82. The number of hydrogen-bond acceptors (Lipinski definition) is 2. The summed E-state index contributed by atoms with van der Waals surface area (Å²) < 4.78 is 1.99. The molecule has 2 aromatic heterocycles. The van der Waals surface area contributed by atoms with E-state index in [1.54, 1.807) is 15.3 Å². The van der Waals surface area contributed by atoms with Crippen molar-refractivity contribution in [3.8, 4) is 0 Å². The van der Waals surface area contributed by atoms with Crippen molar-refractivity contribution in [3.63, 3.8) is 0 Å². The summed E-state index contributed by atoms with van der Waals surface area (Å²) in [5, 5.41) is 1.75. The van der Waals surface area contributed by atoms with E-state index in [-0.39, 0.29) is 0 Å². The number of pyridine rings is 1. The third-order valence-corrected chi connectivity index (χ3v) is 3.46. The lowest BCUT2D eigenvalue weighted by atomic mass is 10.3. The monoisotopic (exact) mass is 310 g/mol. The molecule has 0 aromatic carbocycles. The van der Waals surface area contributed by atoms with Gasteiger partial charge in [0.2, 0.25) is 0 Å². The smallest absolute Gasteiger partial charge is 0.150 e. The fourth-order valence-electron chi connectivity index (χ4n) is 1.03. The Bertz CT molecular complexity index is 415. The zero-order chi connectivity index (χ0) is 8.55. The molecule has 0 aliphatic carbocycles. The van der Waals surface area contributed by atoms with Gasteiger partial charge in [0.05, 0.1) is 5.02 Å². The lowest BCUT2D eigenvalue weighted by Gasteiger charge is -1.95. The number of nitrogens with zero attached hydrogens (tertiary/aromatic N) is 2. The summed E-state index contributed by atoms with van der Waals surface area (Å²) in [5.74, 6) is 0. The highest BCUT2D eigenvalue weighted by Gasteiger charge is 2.01. The largest absolute Gasteiger partial charge is 0.266 e. The van der Waals surface area contributed by atoms with Gasteiger partial charge in [0, 0.05) is 48.1 Å². The van der Waals surface area contributed by atoms with Gasteiger partial charge >= 0.3 is 0 Å². The first-order chi connectivity index (χ1) is 5.81. The van der Waals surface area contributed by atoms with Gasteiger partial charge in [-0.15, -0.1) is 0 Å². The van der Waals surface area contributed by atoms with Crippen LogP contribution in [-0.2, 0) is 0 Å². The minimum atomic E-state index is 0.679. The van der Waals surface area contributed by atoms with Gasteiger partial charge in [-0.25, -0.2) is 4.98 Å². The Morgan fingerprint density at radius 2 is 2.42 bits per heavy atom. The Kier molecular flexibility index (Phi) is 2.47. The van der Waals surface area contributed by atoms with E-state index in [9.17, 15) is 0 Å². The molecule has 2 aromatic rings. The maximum atomic E-state index is 5.79. The maximum absolute atomic E-state index is 5.79. The molecule has 2 heterocycles. The van der Waals surface area contributed by atoms with Crippen molar-refractivity contribution in [2.45, 2.75) is 0 Å². The average Bonchev–Trinajstić information content (AvgIpc) is 2.46. The van der Waals surface area contributed by atoms with E-state index in [1.807, 2.05) is 22.3 Å². The van der Waals surface area contributed by atoms with Crippen LogP contribution in [-0.4, -0.2) is 8.96 Å². The normalized spacial score (nSPS) is 10.8. The van der Waals surface area contributed by atoms with Gasteiger partial charge in [-0.05, 0) is 12.1 Å². The van der Waals surface area contributed by atoms with Crippen molar-refractivity contribution >= 4 is 53.0 Å². The van der Waals surface area contributed by atoms with E-state index in [4.69, 9.17) is 11.6 Å². The molecule has 0 saturated carbocycles. The highest BCUT2D eigenvalue weighted by molar-refractivity contribution is 14.2. The molecule has 0 unspecified atom stereocenters. The van der Waals surface area contributed by atoms with Crippen LogP contribution in [0.3, 0.4) is 0 Å². The van der Waals surface area contributed by atoms with E-state index >= 15 is 0 Å². The van der Waals surface area contributed by atoms with E-state index < -0.39 is 0 Å². The third-order valence-electron chi connectivity index (χ3n) is 1.53. The highest BCUT2D eigenvalue weighted by atomic mass is 127. The Hall–Kier alpha value is 0.0600. The second-order valence-electron chi connectivity index (χ2n) is 2.28. The van der Waals surface area contributed by atoms with E-state index in [1.165, 1.54) is 0 Å². The molecule has 12 heavy (non-hydrogen) atoms. The highest BCUT2D eigenvalue weighted by Crippen LogP contribution is 2.24. The van der Waals surface area contributed by atoms with Crippen molar-refractivity contribution < 1.29 is 0 Å². The molecule has 0 N–H and O–H groups in total. The van der Waals surface area contributed by atoms with Gasteiger partial charge in [0.25, 0.3) is 0 Å². The van der Waals surface area contributed by atoms with Gasteiger partial charge in [0.1, 0.15) is 0 Å². The summed E-state index contributed by atoms with van der Waals surface area (Å²) in [5.41, 5.74) is 0.957. The van der Waals surface area contributed by atoms with Crippen LogP contribution in [0.4, 0.5) is 0 Å². The fraction of sp³-hybridized carbons (Fsp3) is 0. The van der Waals surface area contributed by atoms with Gasteiger partial charge in [-0.3, -0.25) is 3.97 Å². The van der Waals surface area contributed by atoms with Crippen LogP contribution in [0.15, 0.2) is 24.5 Å². The topological polar surface area (TPSA) is 17.8 Å². The SMILES string of the molecule is Clc1cnc2c(ccn2SI)c1. The summed E-state index contributed by atoms with van der Waals surface area (Å²) in [4.78, 5) is 4.22. The minimum Gasteiger partial charge on any atom is -0.266 e. The Balaban J connectivity index is 2.73. The number of aromatic nitrogens is 2. The summed E-state index contributed by atoms with van der Waals surface area (Å²) in [6.45, 7) is 0. The van der Waals surface area contributed by atoms with Crippen LogP contribution in [0.1, 0.15) is 0 Å². The molecule has 2 nitrogen and oxygen atoms in total. The first-order valence-corrected chi connectivity index (χ1v) is 6.92. The zero-order valence-corrected chi connectivity index (χ0v) is 9.60. The average molecular weight is 311 g/mol. The number of hydrogen-bond donors (Lipinski definition) is 0. The first-order valence-electron chi connectivity index (χ1n) is 3.23. The lowest BCUT2D eigenvalue weighted by molar-refractivity contribution is 1.27. The van der Waals surface area contributed by atoms with Crippen LogP contribution in [0, 0.1) is 0 Å². The molecule has 0 amide bonds. The molecule has 0 saturated heterocycles.